The number of halogens is 2. The lowest BCUT2D eigenvalue weighted by atomic mass is 10.1. The molecule has 0 aliphatic heterocycles. The standard InChI is InChI=1S/C21H24F2N4O/c1-3-21(28)26-10-11-27(15-24-2)20-7-5-4-6-17(20)14-25-13-16-8-9-18(22)12-19(16)23/h4-12,15,25H,3,13-14H2,1-2H3,(H,26,28)/b11-10+,24-15?. The van der Waals surface area contributed by atoms with E-state index in [2.05, 4.69) is 15.6 Å². The van der Waals surface area contributed by atoms with Crippen molar-refractivity contribution in [3.63, 3.8) is 0 Å². The highest BCUT2D eigenvalue weighted by atomic mass is 19.1. The predicted molar refractivity (Wildman–Crippen MR) is 108 cm³/mol. The van der Waals surface area contributed by atoms with Gasteiger partial charge in [0.2, 0.25) is 5.91 Å². The number of hydrogen-bond acceptors (Lipinski definition) is 3. The van der Waals surface area contributed by atoms with Gasteiger partial charge in [-0.2, -0.15) is 0 Å². The second kappa shape index (κ2) is 10.9. The van der Waals surface area contributed by atoms with Crippen LogP contribution in [0.5, 0.6) is 0 Å². The normalized spacial score (nSPS) is 11.3. The summed E-state index contributed by atoms with van der Waals surface area (Å²) < 4.78 is 26.8. The van der Waals surface area contributed by atoms with Crippen molar-refractivity contribution in [3.8, 4) is 0 Å². The zero-order valence-electron chi connectivity index (χ0n) is 16.0. The van der Waals surface area contributed by atoms with Gasteiger partial charge in [0.05, 0.1) is 12.0 Å². The third kappa shape index (κ3) is 6.28. The van der Waals surface area contributed by atoms with Crippen LogP contribution in [0, 0.1) is 11.6 Å². The number of benzene rings is 2. The number of carbonyl (C=O) groups excluding carboxylic acids is 1. The Hall–Kier alpha value is -3.06. The van der Waals surface area contributed by atoms with Crippen LogP contribution >= 0.6 is 0 Å². The van der Waals surface area contributed by atoms with Crippen molar-refractivity contribution >= 4 is 17.9 Å². The predicted octanol–water partition coefficient (Wildman–Crippen LogP) is 3.72. The van der Waals surface area contributed by atoms with Crippen molar-refractivity contribution in [2.45, 2.75) is 26.4 Å². The Morgan fingerprint density at radius 2 is 1.89 bits per heavy atom. The van der Waals surface area contributed by atoms with E-state index >= 15 is 0 Å². The van der Waals surface area contributed by atoms with Crippen LogP contribution in [0.25, 0.3) is 0 Å². The van der Waals surface area contributed by atoms with Crippen LogP contribution in [0.15, 0.2) is 59.9 Å². The number of aliphatic imine (C=N–C) groups is 1. The number of anilines is 1. The number of amides is 1. The van der Waals surface area contributed by atoms with Gasteiger partial charge in [0, 0.05) is 50.6 Å². The van der Waals surface area contributed by atoms with Crippen LogP contribution in [0.1, 0.15) is 24.5 Å². The van der Waals surface area contributed by atoms with Crippen molar-refractivity contribution < 1.29 is 13.6 Å². The number of carbonyl (C=O) groups is 1. The maximum Gasteiger partial charge on any atom is 0.223 e. The SMILES string of the molecule is CCC(=O)N/C=C/N(C=NC)c1ccccc1CNCc1ccc(F)cc1F. The zero-order valence-corrected chi connectivity index (χ0v) is 16.0. The first-order chi connectivity index (χ1) is 13.5. The summed E-state index contributed by atoms with van der Waals surface area (Å²) in [4.78, 5) is 17.2. The van der Waals surface area contributed by atoms with Crippen molar-refractivity contribution in [1.29, 1.82) is 0 Å². The monoisotopic (exact) mass is 386 g/mol. The quantitative estimate of drug-likeness (QED) is 0.510. The van der Waals surface area contributed by atoms with E-state index in [1.165, 1.54) is 12.1 Å². The first kappa shape index (κ1) is 21.2. The van der Waals surface area contributed by atoms with Gasteiger partial charge in [-0.25, -0.2) is 8.78 Å². The molecule has 0 spiro atoms. The molecule has 2 aromatic carbocycles. The fraction of sp³-hybridized carbons (Fsp3) is 0.238. The Kier molecular flexibility index (Phi) is 8.30. The average molecular weight is 386 g/mol. The lowest BCUT2D eigenvalue weighted by Gasteiger charge is -2.19. The van der Waals surface area contributed by atoms with E-state index in [1.54, 1.807) is 37.6 Å². The van der Waals surface area contributed by atoms with Crippen LogP contribution in [0.4, 0.5) is 14.5 Å². The molecule has 7 heteroatoms. The van der Waals surface area contributed by atoms with Gasteiger partial charge in [-0.15, -0.1) is 0 Å². The van der Waals surface area contributed by atoms with Crippen molar-refractivity contribution in [2.24, 2.45) is 4.99 Å². The molecule has 0 aromatic heterocycles. The van der Waals surface area contributed by atoms with Gasteiger partial charge in [0.1, 0.15) is 11.6 Å². The maximum absolute atomic E-state index is 13.8. The second-order valence-corrected chi connectivity index (χ2v) is 5.99. The summed E-state index contributed by atoms with van der Waals surface area (Å²) in [5, 5.41) is 5.85. The van der Waals surface area contributed by atoms with E-state index < -0.39 is 11.6 Å². The molecule has 2 aromatic rings. The molecule has 0 atom stereocenters. The van der Waals surface area contributed by atoms with Crippen LogP contribution in [-0.2, 0) is 17.9 Å². The number of para-hydroxylation sites is 1. The highest BCUT2D eigenvalue weighted by Crippen LogP contribution is 2.20. The molecule has 0 aliphatic rings. The van der Waals surface area contributed by atoms with E-state index in [1.807, 2.05) is 24.3 Å². The molecule has 0 heterocycles. The first-order valence-corrected chi connectivity index (χ1v) is 8.94. The number of nitrogens with one attached hydrogen (secondary N) is 2. The van der Waals surface area contributed by atoms with Crippen LogP contribution in [0.3, 0.4) is 0 Å². The van der Waals surface area contributed by atoms with E-state index in [9.17, 15) is 13.6 Å². The molecule has 0 radical (unpaired) electrons. The van der Waals surface area contributed by atoms with E-state index in [4.69, 9.17) is 0 Å². The minimum absolute atomic E-state index is 0.0825. The van der Waals surface area contributed by atoms with Gasteiger partial charge >= 0.3 is 0 Å². The van der Waals surface area contributed by atoms with E-state index in [-0.39, 0.29) is 12.5 Å². The molecule has 2 rings (SSSR count). The summed E-state index contributed by atoms with van der Waals surface area (Å²) >= 11 is 0. The molecule has 28 heavy (non-hydrogen) atoms. The van der Waals surface area contributed by atoms with Gasteiger partial charge in [0.25, 0.3) is 0 Å². The fourth-order valence-corrected chi connectivity index (χ4v) is 2.53. The fourth-order valence-electron chi connectivity index (χ4n) is 2.53. The van der Waals surface area contributed by atoms with Crippen LogP contribution < -0.4 is 15.5 Å². The summed E-state index contributed by atoms with van der Waals surface area (Å²) in [5.74, 6) is -1.25. The summed E-state index contributed by atoms with van der Waals surface area (Å²) in [6.07, 6.45) is 5.30. The van der Waals surface area contributed by atoms with E-state index in [0.29, 0.717) is 18.5 Å². The molecule has 148 valence electrons. The van der Waals surface area contributed by atoms with E-state index in [0.717, 1.165) is 17.3 Å². The topological polar surface area (TPSA) is 56.7 Å². The van der Waals surface area contributed by atoms with Gasteiger partial charge in [-0.05, 0) is 17.7 Å². The third-order valence-corrected chi connectivity index (χ3v) is 3.96. The van der Waals surface area contributed by atoms with Crippen LogP contribution in [0.2, 0.25) is 0 Å². The first-order valence-electron chi connectivity index (χ1n) is 8.94. The number of rotatable bonds is 9. The molecule has 1 amide bonds. The molecule has 0 saturated carbocycles. The second-order valence-electron chi connectivity index (χ2n) is 5.99. The third-order valence-electron chi connectivity index (χ3n) is 3.96. The Morgan fingerprint density at radius 3 is 2.61 bits per heavy atom. The minimum atomic E-state index is -0.594. The highest BCUT2D eigenvalue weighted by Gasteiger charge is 2.08. The van der Waals surface area contributed by atoms with Gasteiger partial charge in [-0.3, -0.25) is 9.79 Å². The Balaban J connectivity index is 2.09. The molecule has 0 bridgehead atoms. The van der Waals surface area contributed by atoms with Crippen LogP contribution in [-0.4, -0.2) is 19.3 Å². The molecule has 0 aliphatic carbocycles. The Bertz CT molecular complexity index is 852. The smallest absolute Gasteiger partial charge is 0.223 e. The Morgan fingerprint density at radius 1 is 1.14 bits per heavy atom. The molecule has 5 nitrogen and oxygen atoms in total. The molecular weight excluding hydrogens is 362 g/mol. The summed E-state index contributed by atoms with van der Waals surface area (Å²) in [6, 6.07) is 11.2. The lowest BCUT2D eigenvalue weighted by Crippen LogP contribution is -2.21. The molecule has 2 N–H and O–H groups in total. The lowest BCUT2D eigenvalue weighted by molar-refractivity contribution is -0.119. The highest BCUT2D eigenvalue weighted by molar-refractivity contribution is 5.83. The number of nitrogens with zero attached hydrogens (tertiary/aromatic N) is 2. The van der Waals surface area contributed by atoms with Crippen molar-refractivity contribution in [1.82, 2.24) is 10.6 Å². The Labute approximate surface area is 163 Å². The summed E-state index contributed by atoms with van der Waals surface area (Å²) in [5.41, 5.74) is 2.21. The van der Waals surface area contributed by atoms with Gasteiger partial charge in [-0.1, -0.05) is 31.2 Å². The molecule has 0 saturated heterocycles. The average Bonchev–Trinajstić information content (AvgIpc) is 2.69. The summed E-state index contributed by atoms with van der Waals surface area (Å²) in [7, 11) is 1.66. The van der Waals surface area contributed by atoms with Gasteiger partial charge in [0.15, 0.2) is 0 Å². The molecule has 0 unspecified atom stereocenters. The number of hydrogen-bond donors (Lipinski definition) is 2. The van der Waals surface area contributed by atoms with Gasteiger partial charge < -0.3 is 15.5 Å². The van der Waals surface area contributed by atoms with Crippen molar-refractivity contribution in [3.05, 3.63) is 77.6 Å². The van der Waals surface area contributed by atoms with Crippen molar-refractivity contribution in [2.75, 3.05) is 11.9 Å². The molecular formula is C21H24F2N4O. The molecule has 0 fully saturated rings. The summed E-state index contributed by atoms with van der Waals surface area (Å²) in [6.45, 7) is 2.51. The minimum Gasteiger partial charge on any atom is -0.331 e. The maximum atomic E-state index is 13.8. The zero-order chi connectivity index (χ0) is 20.4. The largest absolute Gasteiger partial charge is 0.331 e.